The van der Waals surface area contributed by atoms with Gasteiger partial charge in [-0.1, -0.05) is 30.2 Å². The van der Waals surface area contributed by atoms with Crippen LogP contribution in [0.4, 0.5) is 0 Å². The summed E-state index contributed by atoms with van der Waals surface area (Å²) in [6.45, 7) is 8.56. The third kappa shape index (κ3) is 7.75. The maximum absolute atomic E-state index is 11.5. The number of hydrogen-bond acceptors (Lipinski definition) is 19. The molecule has 5 aliphatic heterocycles. The quantitative estimate of drug-likeness (QED) is 0.116. The first-order valence-corrected chi connectivity index (χ1v) is 23.6. The van der Waals surface area contributed by atoms with Gasteiger partial charge in [0.2, 0.25) is 0 Å². The molecule has 27 unspecified atom stereocenters. The summed E-state index contributed by atoms with van der Waals surface area (Å²) in [5, 5.41) is 108. The Morgan fingerprint density at radius 1 is 0.754 bits per heavy atom. The Kier molecular flexibility index (Phi) is 13.6. The van der Waals surface area contributed by atoms with Crippen LogP contribution in [0.25, 0.3) is 0 Å². The summed E-state index contributed by atoms with van der Waals surface area (Å²) >= 11 is 0. The van der Waals surface area contributed by atoms with E-state index >= 15 is 0 Å². The summed E-state index contributed by atoms with van der Waals surface area (Å²) in [6.07, 6.45) is -16.1. The van der Waals surface area contributed by atoms with Crippen molar-refractivity contribution in [2.75, 3.05) is 20.3 Å². The van der Waals surface area contributed by atoms with Crippen LogP contribution in [0.1, 0.15) is 79.6 Å². The second-order valence-corrected chi connectivity index (χ2v) is 21.1. The number of aliphatic hydroxyl groups excluding tert-OH is 10. The molecule has 0 aromatic rings. The van der Waals surface area contributed by atoms with E-state index in [9.17, 15) is 51.1 Å². The Labute approximate surface area is 379 Å². The standard InChI is InChI=1S/C46H72O19/c1-18(2)13-24-25(49)15-26-38-45(24,5)65-43(57-6)46(38)12-10-23-22(39(46)60-26)8-7-20-14-21(9-11-44(20,23)4)59-41-36(33(54)30(51)27(16-47)61-41)64-42-37(34(55)31(52)28(17-48)62-42)63-40-35(56)32(53)29(50)19(3)58-40/h7,13,19,21-43,47-56H,8-12,14-17H2,1-6H3. The zero-order valence-electron chi connectivity index (χ0n) is 38.0. The van der Waals surface area contributed by atoms with E-state index in [0.717, 1.165) is 31.3 Å². The van der Waals surface area contributed by atoms with Crippen molar-refractivity contribution in [1.82, 2.24) is 0 Å². The lowest BCUT2D eigenvalue weighted by Gasteiger charge is -2.57. The molecule has 5 heterocycles. The van der Waals surface area contributed by atoms with Gasteiger partial charge in [-0.25, -0.2) is 0 Å². The first kappa shape index (κ1) is 48.7. The maximum atomic E-state index is 11.5. The Morgan fingerprint density at radius 3 is 2.00 bits per heavy atom. The van der Waals surface area contributed by atoms with Crippen molar-refractivity contribution in [1.29, 1.82) is 0 Å². The summed E-state index contributed by atoms with van der Waals surface area (Å²) in [5.41, 5.74) is 1.13. The highest BCUT2D eigenvalue weighted by molar-refractivity contribution is 5.30. The van der Waals surface area contributed by atoms with Crippen molar-refractivity contribution in [2.24, 2.45) is 34.5 Å². The van der Waals surface area contributed by atoms with Crippen LogP contribution >= 0.6 is 0 Å². The smallest absolute Gasteiger partial charge is 0.187 e. The molecule has 27 atom stereocenters. The minimum Gasteiger partial charge on any atom is -0.394 e. The largest absolute Gasteiger partial charge is 0.394 e. The molecule has 3 saturated carbocycles. The highest BCUT2D eigenvalue weighted by Crippen LogP contribution is 2.72. The van der Waals surface area contributed by atoms with Gasteiger partial charge in [-0.3, -0.25) is 0 Å². The number of allylic oxidation sites excluding steroid dienone is 2. The van der Waals surface area contributed by atoms with E-state index in [1.54, 1.807) is 7.11 Å². The van der Waals surface area contributed by atoms with Gasteiger partial charge in [-0.2, -0.15) is 0 Å². The third-order valence-corrected chi connectivity index (χ3v) is 17.3. The molecule has 9 aliphatic rings. The van der Waals surface area contributed by atoms with Crippen LogP contribution in [0, 0.1) is 34.5 Å². The van der Waals surface area contributed by atoms with Gasteiger partial charge < -0.3 is 93.7 Å². The molecular formula is C46H72O19. The molecule has 1 spiro atoms. The molecule has 0 aromatic carbocycles. The molecule has 0 radical (unpaired) electrons. The number of ether oxygens (including phenoxy) is 9. The topological polar surface area (TPSA) is 285 Å². The number of fused-ring (bicyclic) bond motifs is 4. The van der Waals surface area contributed by atoms with Crippen molar-refractivity contribution < 1.29 is 93.7 Å². The highest BCUT2D eigenvalue weighted by Gasteiger charge is 2.78. The van der Waals surface area contributed by atoms with Gasteiger partial charge >= 0.3 is 0 Å². The number of aliphatic hydroxyl groups is 10. The van der Waals surface area contributed by atoms with Gasteiger partial charge in [0.05, 0.1) is 54.7 Å². The number of methoxy groups -OCH3 is 1. The van der Waals surface area contributed by atoms with E-state index < -0.39 is 129 Å². The molecule has 4 aliphatic carbocycles. The normalized spacial score (nSPS) is 56.2. The minimum absolute atomic E-state index is 0.0565. The Bertz CT molecular complexity index is 1770. The molecule has 65 heavy (non-hydrogen) atoms. The van der Waals surface area contributed by atoms with Crippen LogP contribution in [0.5, 0.6) is 0 Å². The van der Waals surface area contributed by atoms with Crippen LogP contribution in [-0.2, 0) is 42.6 Å². The van der Waals surface area contributed by atoms with E-state index in [-0.39, 0.29) is 46.7 Å². The molecule has 8 fully saturated rings. The van der Waals surface area contributed by atoms with Gasteiger partial charge in [-0.15, -0.1) is 0 Å². The number of rotatable bonds is 10. The van der Waals surface area contributed by atoms with E-state index in [1.807, 2.05) is 13.8 Å². The average Bonchev–Trinajstić information content (AvgIpc) is 3.76. The minimum atomic E-state index is -1.83. The Morgan fingerprint density at radius 2 is 1.38 bits per heavy atom. The van der Waals surface area contributed by atoms with Crippen molar-refractivity contribution in [3.63, 3.8) is 0 Å². The lowest BCUT2D eigenvalue weighted by molar-refractivity contribution is -0.394. The summed E-state index contributed by atoms with van der Waals surface area (Å²) in [4.78, 5) is 0. The van der Waals surface area contributed by atoms with Crippen molar-refractivity contribution in [3.05, 3.63) is 23.3 Å². The summed E-state index contributed by atoms with van der Waals surface area (Å²) in [7, 11) is 1.71. The predicted octanol–water partition coefficient (Wildman–Crippen LogP) is -1.13. The molecule has 0 bridgehead atoms. The van der Waals surface area contributed by atoms with Crippen molar-refractivity contribution >= 4 is 0 Å². The Hall–Kier alpha value is -1.28. The lowest BCUT2D eigenvalue weighted by atomic mass is 9.47. The lowest BCUT2D eigenvalue weighted by Crippen LogP contribution is -2.67. The van der Waals surface area contributed by atoms with Gasteiger partial charge in [0.25, 0.3) is 0 Å². The molecule has 370 valence electrons. The molecule has 19 nitrogen and oxygen atoms in total. The fourth-order valence-electron chi connectivity index (χ4n) is 14.1. The van der Waals surface area contributed by atoms with Crippen LogP contribution in [0.3, 0.4) is 0 Å². The second-order valence-electron chi connectivity index (χ2n) is 21.1. The Balaban J connectivity index is 0.940. The van der Waals surface area contributed by atoms with Gasteiger partial charge in [0.15, 0.2) is 25.2 Å². The zero-order valence-corrected chi connectivity index (χ0v) is 38.0. The fraction of sp³-hybridized carbons (Fsp3) is 0.913. The summed E-state index contributed by atoms with van der Waals surface area (Å²) in [6, 6.07) is 0. The summed E-state index contributed by atoms with van der Waals surface area (Å²) in [5.74, 6) is 0.332. The fourth-order valence-corrected chi connectivity index (χ4v) is 14.1. The van der Waals surface area contributed by atoms with E-state index in [4.69, 9.17) is 42.6 Å². The molecule has 0 amide bonds. The van der Waals surface area contributed by atoms with E-state index in [2.05, 4.69) is 26.0 Å². The molecule has 10 N–H and O–H groups in total. The van der Waals surface area contributed by atoms with Gasteiger partial charge in [0.1, 0.15) is 67.1 Å². The average molecular weight is 929 g/mol. The van der Waals surface area contributed by atoms with E-state index in [0.29, 0.717) is 19.3 Å². The van der Waals surface area contributed by atoms with Gasteiger partial charge in [0, 0.05) is 25.4 Å². The highest BCUT2D eigenvalue weighted by atomic mass is 16.8. The molecule has 5 saturated heterocycles. The first-order valence-electron chi connectivity index (χ1n) is 23.6. The van der Waals surface area contributed by atoms with Crippen LogP contribution < -0.4 is 0 Å². The van der Waals surface area contributed by atoms with Gasteiger partial charge in [-0.05, 0) is 83.5 Å². The van der Waals surface area contributed by atoms with Crippen molar-refractivity contribution in [2.45, 2.75) is 208 Å². The zero-order chi connectivity index (χ0) is 46.7. The third-order valence-electron chi connectivity index (χ3n) is 17.3. The first-order chi connectivity index (χ1) is 30.8. The maximum Gasteiger partial charge on any atom is 0.187 e. The summed E-state index contributed by atoms with van der Waals surface area (Å²) < 4.78 is 56.6. The van der Waals surface area contributed by atoms with Crippen LogP contribution in [0.15, 0.2) is 23.3 Å². The SMILES string of the molecule is COC1OC2(C)C(C=C(C)C)C(O)CC3OC4C5CC=C6CC(OC7OC(CO)C(O)C(O)C7OC7OC(CO)C(O)C(O)C7OC7OC(C)C(O)C(O)C7O)CCC6(C)C5CCC14C32. The van der Waals surface area contributed by atoms with Crippen LogP contribution in [0.2, 0.25) is 0 Å². The predicted molar refractivity (Wildman–Crippen MR) is 222 cm³/mol. The number of hydrogen-bond donors (Lipinski definition) is 10. The van der Waals surface area contributed by atoms with Crippen LogP contribution in [-0.4, -0.2) is 200 Å². The molecule has 0 aromatic heterocycles. The molecule has 19 heteroatoms. The van der Waals surface area contributed by atoms with Crippen molar-refractivity contribution in [3.8, 4) is 0 Å². The second kappa shape index (κ2) is 18.2. The van der Waals surface area contributed by atoms with E-state index in [1.165, 1.54) is 12.5 Å². The molecule has 9 rings (SSSR count). The molecular weight excluding hydrogens is 856 g/mol. The monoisotopic (exact) mass is 928 g/mol.